The van der Waals surface area contributed by atoms with Gasteiger partial charge in [-0.1, -0.05) is 6.07 Å². The molecule has 0 aliphatic carbocycles. The number of rotatable bonds is 8. The SMILES string of the molecule is CC(C)Oc1ccc(NC(=NCc2cccnc2N(C)C)NCC(=O)NC(C)(C)C)cc1.I. The second-order valence-electron chi connectivity index (χ2n) is 9.01. The van der Waals surface area contributed by atoms with E-state index in [0.717, 1.165) is 22.8 Å². The van der Waals surface area contributed by atoms with E-state index in [-0.39, 0.29) is 48.1 Å². The van der Waals surface area contributed by atoms with Crippen LogP contribution in [0, 0.1) is 0 Å². The summed E-state index contributed by atoms with van der Waals surface area (Å²) in [7, 11) is 3.90. The van der Waals surface area contributed by atoms with Gasteiger partial charge in [0.25, 0.3) is 0 Å². The van der Waals surface area contributed by atoms with Crippen LogP contribution in [0.3, 0.4) is 0 Å². The molecule has 1 aromatic heterocycles. The zero-order chi connectivity index (χ0) is 23.7. The van der Waals surface area contributed by atoms with Gasteiger partial charge in [-0.05, 0) is 65.0 Å². The first-order valence-corrected chi connectivity index (χ1v) is 10.8. The maximum absolute atomic E-state index is 12.3. The van der Waals surface area contributed by atoms with E-state index >= 15 is 0 Å². The summed E-state index contributed by atoms with van der Waals surface area (Å²) >= 11 is 0. The van der Waals surface area contributed by atoms with Crippen molar-refractivity contribution in [3.63, 3.8) is 0 Å². The zero-order valence-corrected chi connectivity index (χ0v) is 22.9. The minimum absolute atomic E-state index is 0. The van der Waals surface area contributed by atoms with E-state index in [0.29, 0.717) is 12.5 Å². The summed E-state index contributed by atoms with van der Waals surface area (Å²) in [6, 6.07) is 11.5. The Balaban J connectivity index is 0.00000544. The van der Waals surface area contributed by atoms with Crippen LogP contribution in [-0.2, 0) is 11.3 Å². The van der Waals surface area contributed by atoms with Crippen molar-refractivity contribution < 1.29 is 9.53 Å². The monoisotopic (exact) mass is 568 g/mol. The summed E-state index contributed by atoms with van der Waals surface area (Å²) in [5.74, 6) is 2.05. The lowest BCUT2D eigenvalue weighted by molar-refractivity contribution is -0.121. The van der Waals surface area contributed by atoms with Gasteiger partial charge in [0, 0.05) is 37.1 Å². The molecule has 2 rings (SSSR count). The largest absolute Gasteiger partial charge is 0.491 e. The fraction of sp³-hybridized carbons (Fsp3) is 0.458. The Morgan fingerprint density at radius 1 is 1.15 bits per heavy atom. The van der Waals surface area contributed by atoms with Gasteiger partial charge in [0.15, 0.2) is 5.96 Å². The number of hydrogen-bond donors (Lipinski definition) is 3. The van der Waals surface area contributed by atoms with Crippen LogP contribution in [0.4, 0.5) is 11.5 Å². The quantitative estimate of drug-likeness (QED) is 0.253. The number of nitrogens with zero attached hydrogens (tertiary/aromatic N) is 3. The van der Waals surface area contributed by atoms with Gasteiger partial charge < -0.3 is 25.6 Å². The number of halogens is 1. The maximum Gasteiger partial charge on any atom is 0.239 e. The number of ether oxygens (including phenoxy) is 1. The second-order valence-corrected chi connectivity index (χ2v) is 9.01. The Morgan fingerprint density at radius 3 is 2.39 bits per heavy atom. The van der Waals surface area contributed by atoms with E-state index < -0.39 is 0 Å². The summed E-state index contributed by atoms with van der Waals surface area (Å²) < 4.78 is 5.70. The molecule has 33 heavy (non-hydrogen) atoms. The summed E-state index contributed by atoms with van der Waals surface area (Å²) in [5.41, 5.74) is 1.52. The summed E-state index contributed by atoms with van der Waals surface area (Å²) in [4.78, 5) is 23.4. The molecule has 3 N–H and O–H groups in total. The average molecular weight is 569 g/mol. The minimum Gasteiger partial charge on any atom is -0.491 e. The standard InChI is InChI=1S/C24H36N6O2.HI/c1-17(2)32-20-12-10-19(11-13-20)28-23(27-16-21(31)29-24(3,4)5)26-15-18-9-8-14-25-22(18)30(6)7;/h8-14,17H,15-16H2,1-7H3,(H,29,31)(H2,26,27,28);1H. The first-order valence-electron chi connectivity index (χ1n) is 10.8. The predicted molar refractivity (Wildman–Crippen MR) is 147 cm³/mol. The van der Waals surface area contributed by atoms with E-state index in [1.54, 1.807) is 6.20 Å². The van der Waals surface area contributed by atoms with Crippen LogP contribution in [0.5, 0.6) is 5.75 Å². The fourth-order valence-corrected chi connectivity index (χ4v) is 2.91. The first-order chi connectivity index (χ1) is 15.0. The van der Waals surface area contributed by atoms with Crippen LogP contribution < -0.4 is 25.6 Å². The summed E-state index contributed by atoms with van der Waals surface area (Å²) in [5, 5.41) is 9.33. The highest BCUT2D eigenvalue weighted by Gasteiger charge is 2.14. The van der Waals surface area contributed by atoms with E-state index in [2.05, 4.69) is 25.9 Å². The van der Waals surface area contributed by atoms with Gasteiger partial charge in [-0.3, -0.25) is 4.79 Å². The lowest BCUT2D eigenvalue weighted by Gasteiger charge is -2.21. The number of nitrogens with one attached hydrogen (secondary N) is 3. The summed E-state index contributed by atoms with van der Waals surface area (Å²) in [6.45, 7) is 10.3. The van der Waals surface area contributed by atoms with Gasteiger partial charge in [-0.25, -0.2) is 9.98 Å². The number of carbonyl (C=O) groups is 1. The molecule has 182 valence electrons. The Bertz CT molecular complexity index is 908. The number of carbonyl (C=O) groups excluding carboxylic acids is 1. The van der Waals surface area contributed by atoms with Crippen molar-refractivity contribution in [2.45, 2.75) is 52.8 Å². The fourth-order valence-electron chi connectivity index (χ4n) is 2.91. The van der Waals surface area contributed by atoms with E-state index in [9.17, 15) is 4.79 Å². The average Bonchev–Trinajstić information content (AvgIpc) is 2.70. The third-order valence-corrected chi connectivity index (χ3v) is 4.12. The van der Waals surface area contributed by atoms with Crippen LogP contribution in [0.1, 0.15) is 40.2 Å². The molecule has 0 radical (unpaired) electrons. The van der Waals surface area contributed by atoms with Crippen LogP contribution in [-0.4, -0.2) is 49.1 Å². The number of hydrogen-bond acceptors (Lipinski definition) is 5. The number of aliphatic imine (C=N–C) groups is 1. The summed E-state index contributed by atoms with van der Waals surface area (Å²) in [6.07, 6.45) is 1.87. The molecule has 0 fully saturated rings. The molecule has 0 saturated heterocycles. The van der Waals surface area contributed by atoms with Crippen molar-refractivity contribution >= 4 is 47.3 Å². The molecule has 9 heteroatoms. The van der Waals surface area contributed by atoms with Crippen LogP contribution in [0.2, 0.25) is 0 Å². The van der Waals surface area contributed by atoms with Gasteiger partial charge >= 0.3 is 0 Å². The molecule has 0 spiro atoms. The molecular formula is C24H37IN6O2. The van der Waals surface area contributed by atoms with Crippen molar-refractivity contribution in [2.24, 2.45) is 4.99 Å². The third kappa shape index (κ3) is 10.7. The number of amides is 1. The van der Waals surface area contributed by atoms with Crippen molar-refractivity contribution in [1.29, 1.82) is 0 Å². The molecule has 1 amide bonds. The lowest BCUT2D eigenvalue weighted by atomic mass is 10.1. The minimum atomic E-state index is -0.300. The number of benzene rings is 1. The molecule has 0 bridgehead atoms. The van der Waals surface area contributed by atoms with Gasteiger partial charge in [0.05, 0.1) is 19.2 Å². The molecule has 0 aliphatic heterocycles. The molecule has 1 heterocycles. The second kappa shape index (κ2) is 13.2. The van der Waals surface area contributed by atoms with Crippen LogP contribution in [0.25, 0.3) is 0 Å². The van der Waals surface area contributed by atoms with Crippen molar-refractivity contribution in [2.75, 3.05) is 30.9 Å². The van der Waals surface area contributed by atoms with Crippen LogP contribution >= 0.6 is 24.0 Å². The molecule has 0 unspecified atom stereocenters. The Hall–Kier alpha value is -2.56. The smallest absolute Gasteiger partial charge is 0.239 e. The molecule has 8 nitrogen and oxygen atoms in total. The van der Waals surface area contributed by atoms with Gasteiger partial charge in [-0.15, -0.1) is 24.0 Å². The highest BCUT2D eigenvalue weighted by molar-refractivity contribution is 14.0. The number of anilines is 2. The van der Waals surface area contributed by atoms with Crippen LogP contribution in [0.15, 0.2) is 47.6 Å². The highest BCUT2D eigenvalue weighted by atomic mass is 127. The van der Waals surface area contributed by atoms with Crippen molar-refractivity contribution in [1.82, 2.24) is 15.6 Å². The number of guanidine groups is 1. The number of aromatic nitrogens is 1. The van der Waals surface area contributed by atoms with Gasteiger partial charge in [0.1, 0.15) is 11.6 Å². The lowest BCUT2D eigenvalue weighted by Crippen LogP contribution is -2.46. The predicted octanol–water partition coefficient (Wildman–Crippen LogP) is 4.03. The molecule has 0 aliphatic rings. The number of pyridine rings is 1. The third-order valence-electron chi connectivity index (χ3n) is 4.12. The molecule has 1 aromatic carbocycles. The highest BCUT2D eigenvalue weighted by Crippen LogP contribution is 2.18. The van der Waals surface area contributed by atoms with Crippen molar-refractivity contribution in [3.05, 3.63) is 48.2 Å². The maximum atomic E-state index is 12.3. The van der Waals surface area contributed by atoms with E-state index in [1.165, 1.54) is 0 Å². The molecule has 2 aromatic rings. The Labute approximate surface area is 214 Å². The Morgan fingerprint density at radius 2 is 1.82 bits per heavy atom. The van der Waals surface area contributed by atoms with Gasteiger partial charge in [-0.2, -0.15) is 0 Å². The molecule has 0 atom stereocenters. The van der Waals surface area contributed by atoms with Crippen molar-refractivity contribution in [3.8, 4) is 5.75 Å². The van der Waals surface area contributed by atoms with E-state index in [4.69, 9.17) is 4.74 Å². The topological polar surface area (TPSA) is 90.9 Å². The molecular weight excluding hydrogens is 531 g/mol. The zero-order valence-electron chi connectivity index (χ0n) is 20.6. The van der Waals surface area contributed by atoms with E-state index in [1.807, 2.05) is 90.0 Å². The van der Waals surface area contributed by atoms with Gasteiger partial charge in [0.2, 0.25) is 5.91 Å². The first kappa shape index (κ1) is 28.5. The normalized spacial score (nSPS) is 11.5. The Kier molecular flexibility index (Phi) is 11.4. The molecule has 0 saturated carbocycles.